The predicted octanol–water partition coefficient (Wildman–Crippen LogP) is 5.29. The van der Waals surface area contributed by atoms with Gasteiger partial charge in [-0.2, -0.15) is 5.10 Å². The van der Waals surface area contributed by atoms with Gasteiger partial charge in [-0.15, -0.1) is 0 Å². The molecule has 30 heavy (non-hydrogen) atoms. The summed E-state index contributed by atoms with van der Waals surface area (Å²) < 4.78 is 11.7. The Kier molecular flexibility index (Phi) is 7.80. The van der Waals surface area contributed by atoms with Crippen LogP contribution in [0.2, 0.25) is 0 Å². The molecule has 0 heterocycles. The zero-order valence-electron chi connectivity index (χ0n) is 17.1. The SMILES string of the molecule is CCOc1cc(/C=N/NC(=S)Nc2ccccc2)ccc1OCc1cccc(C)c1. The number of nitrogens with zero attached hydrogens (tertiary/aromatic N) is 1. The zero-order valence-corrected chi connectivity index (χ0v) is 17.9. The molecule has 6 heteroatoms. The summed E-state index contributed by atoms with van der Waals surface area (Å²) in [6, 6.07) is 23.7. The van der Waals surface area contributed by atoms with Crippen LogP contribution in [0.5, 0.6) is 11.5 Å². The van der Waals surface area contributed by atoms with E-state index < -0.39 is 0 Å². The molecule has 3 aromatic rings. The van der Waals surface area contributed by atoms with Gasteiger partial charge in [0.2, 0.25) is 0 Å². The van der Waals surface area contributed by atoms with Gasteiger partial charge in [0.1, 0.15) is 6.61 Å². The second-order valence-corrected chi connectivity index (χ2v) is 7.02. The predicted molar refractivity (Wildman–Crippen MR) is 127 cm³/mol. The molecule has 0 spiro atoms. The Bertz CT molecular complexity index is 1010. The van der Waals surface area contributed by atoms with Gasteiger partial charge in [-0.25, -0.2) is 0 Å². The molecule has 3 aromatic carbocycles. The molecule has 0 aliphatic carbocycles. The van der Waals surface area contributed by atoms with E-state index in [0.717, 1.165) is 16.8 Å². The van der Waals surface area contributed by atoms with Crippen molar-refractivity contribution in [2.75, 3.05) is 11.9 Å². The molecule has 0 fully saturated rings. The molecule has 3 rings (SSSR count). The fraction of sp³-hybridized carbons (Fsp3) is 0.167. The number of aryl methyl sites for hydroxylation is 1. The molecule has 0 unspecified atom stereocenters. The fourth-order valence-corrected chi connectivity index (χ4v) is 2.97. The van der Waals surface area contributed by atoms with Gasteiger partial charge < -0.3 is 14.8 Å². The van der Waals surface area contributed by atoms with Crippen LogP contribution in [0.15, 0.2) is 77.9 Å². The van der Waals surface area contributed by atoms with Crippen molar-refractivity contribution in [1.82, 2.24) is 5.43 Å². The molecule has 0 saturated carbocycles. The van der Waals surface area contributed by atoms with E-state index in [4.69, 9.17) is 21.7 Å². The number of hydrogen-bond acceptors (Lipinski definition) is 4. The molecular weight excluding hydrogens is 394 g/mol. The standard InChI is InChI=1S/C24H25N3O2S/c1-3-28-23-15-19(16-25-27-24(30)26-21-10-5-4-6-11-21)12-13-22(23)29-17-20-9-7-8-18(2)14-20/h4-16H,3,17H2,1-2H3,(H2,26,27,30)/b25-16+. The summed E-state index contributed by atoms with van der Waals surface area (Å²) in [6.45, 7) is 5.04. The van der Waals surface area contributed by atoms with Gasteiger partial charge in [0.25, 0.3) is 0 Å². The molecule has 5 nitrogen and oxygen atoms in total. The number of thiocarbonyl (C=S) groups is 1. The van der Waals surface area contributed by atoms with E-state index in [1.165, 1.54) is 5.56 Å². The summed E-state index contributed by atoms with van der Waals surface area (Å²) in [5, 5.41) is 7.68. The van der Waals surface area contributed by atoms with E-state index in [9.17, 15) is 0 Å². The van der Waals surface area contributed by atoms with Crippen LogP contribution < -0.4 is 20.2 Å². The monoisotopic (exact) mass is 419 g/mol. The molecule has 0 aliphatic rings. The molecule has 0 aliphatic heterocycles. The lowest BCUT2D eigenvalue weighted by atomic mass is 10.1. The first-order chi connectivity index (χ1) is 14.6. The minimum Gasteiger partial charge on any atom is -0.490 e. The van der Waals surface area contributed by atoms with Crippen LogP contribution in [0.1, 0.15) is 23.6 Å². The molecule has 0 aromatic heterocycles. The van der Waals surface area contributed by atoms with Crippen molar-refractivity contribution in [3.05, 3.63) is 89.5 Å². The number of benzene rings is 3. The van der Waals surface area contributed by atoms with Crippen LogP contribution in [-0.4, -0.2) is 17.9 Å². The van der Waals surface area contributed by atoms with Crippen molar-refractivity contribution < 1.29 is 9.47 Å². The molecule has 0 saturated heterocycles. The van der Waals surface area contributed by atoms with Gasteiger partial charge in [-0.1, -0.05) is 48.0 Å². The lowest BCUT2D eigenvalue weighted by Crippen LogP contribution is -2.23. The first kappa shape index (κ1) is 21.3. The first-order valence-electron chi connectivity index (χ1n) is 9.74. The van der Waals surface area contributed by atoms with Crippen molar-refractivity contribution in [3.8, 4) is 11.5 Å². The van der Waals surface area contributed by atoms with Gasteiger partial charge >= 0.3 is 0 Å². The maximum absolute atomic E-state index is 5.98. The number of hydrogen-bond donors (Lipinski definition) is 2. The number of ether oxygens (including phenoxy) is 2. The summed E-state index contributed by atoms with van der Waals surface area (Å²) in [5.41, 5.74) is 6.91. The average Bonchev–Trinajstić information content (AvgIpc) is 2.74. The number of anilines is 1. The molecule has 2 N–H and O–H groups in total. The van der Waals surface area contributed by atoms with E-state index >= 15 is 0 Å². The molecule has 0 bridgehead atoms. The second kappa shape index (κ2) is 11.0. The summed E-state index contributed by atoms with van der Waals surface area (Å²) in [5.74, 6) is 1.38. The van der Waals surface area contributed by atoms with Gasteiger partial charge in [0.05, 0.1) is 12.8 Å². The lowest BCUT2D eigenvalue weighted by Gasteiger charge is -2.13. The van der Waals surface area contributed by atoms with Crippen molar-refractivity contribution in [1.29, 1.82) is 0 Å². The molecule has 0 radical (unpaired) electrons. The first-order valence-corrected chi connectivity index (χ1v) is 10.1. The number of hydrazone groups is 1. The third-order valence-corrected chi connectivity index (χ3v) is 4.35. The molecule has 0 atom stereocenters. The molecule has 154 valence electrons. The number of nitrogens with one attached hydrogen (secondary N) is 2. The Balaban J connectivity index is 1.60. The van der Waals surface area contributed by atoms with Crippen molar-refractivity contribution >= 4 is 29.2 Å². The van der Waals surface area contributed by atoms with Crippen LogP contribution in [0.4, 0.5) is 5.69 Å². The number of rotatable bonds is 8. The van der Waals surface area contributed by atoms with E-state index in [1.54, 1.807) is 6.21 Å². The Morgan fingerprint density at radius 1 is 0.967 bits per heavy atom. The Morgan fingerprint density at radius 3 is 2.57 bits per heavy atom. The fourth-order valence-electron chi connectivity index (χ4n) is 2.80. The maximum atomic E-state index is 5.98. The summed E-state index contributed by atoms with van der Waals surface area (Å²) >= 11 is 5.25. The van der Waals surface area contributed by atoms with E-state index in [2.05, 4.69) is 34.9 Å². The highest BCUT2D eigenvalue weighted by atomic mass is 32.1. The highest BCUT2D eigenvalue weighted by Gasteiger charge is 2.07. The van der Waals surface area contributed by atoms with Gasteiger partial charge in [0, 0.05) is 5.69 Å². The summed E-state index contributed by atoms with van der Waals surface area (Å²) in [4.78, 5) is 0. The minimum atomic E-state index is 0.417. The Labute approximate surface area is 182 Å². The average molecular weight is 420 g/mol. The topological polar surface area (TPSA) is 54.9 Å². The number of para-hydroxylation sites is 1. The Morgan fingerprint density at radius 2 is 1.80 bits per heavy atom. The quantitative estimate of drug-likeness (QED) is 0.295. The molecular formula is C24H25N3O2S. The van der Waals surface area contributed by atoms with E-state index in [1.807, 2.05) is 67.6 Å². The third-order valence-electron chi connectivity index (χ3n) is 4.16. The van der Waals surface area contributed by atoms with Crippen LogP contribution in [0.25, 0.3) is 0 Å². The van der Waals surface area contributed by atoms with E-state index in [0.29, 0.717) is 29.8 Å². The molecule has 0 amide bonds. The highest BCUT2D eigenvalue weighted by Crippen LogP contribution is 2.29. The summed E-state index contributed by atoms with van der Waals surface area (Å²) in [7, 11) is 0. The van der Waals surface area contributed by atoms with Crippen LogP contribution in [-0.2, 0) is 6.61 Å². The van der Waals surface area contributed by atoms with E-state index in [-0.39, 0.29) is 0 Å². The smallest absolute Gasteiger partial charge is 0.191 e. The van der Waals surface area contributed by atoms with Crippen LogP contribution in [0.3, 0.4) is 0 Å². The highest BCUT2D eigenvalue weighted by molar-refractivity contribution is 7.80. The zero-order chi connectivity index (χ0) is 21.2. The van der Waals surface area contributed by atoms with Crippen molar-refractivity contribution in [2.45, 2.75) is 20.5 Å². The van der Waals surface area contributed by atoms with Crippen molar-refractivity contribution in [3.63, 3.8) is 0 Å². The normalized spacial score (nSPS) is 10.6. The van der Waals surface area contributed by atoms with Gasteiger partial charge in [-0.05, 0) is 67.5 Å². The summed E-state index contributed by atoms with van der Waals surface area (Å²) in [6.07, 6.45) is 1.69. The third kappa shape index (κ3) is 6.60. The largest absolute Gasteiger partial charge is 0.490 e. The van der Waals surface area contributed by atoms with Crippen LogP contribution in [0, 0.1) is 6.92 Å². The van der Waals surface area contributed by atoms with Crippen LogP contribution >= 0.6 is 12.2 Å². The van der Waals surface area contributed by atoms with Crippen molar-refractivity contribution in [2.24, 2.45) is 5.10 Å². The maximum Gasteiger partial charge on any atom is 0.191 e. The minimum absolute atomic E-state index is 0.417. The van der Waals surface area contributed by atoms with Gasteiger partial charge in [-0.3, -0.25) is 5.43 Å². The second-order valence-electron chi connectivity index (χ2n) is 6.61. The Hall–Kier alpha value is -3.38. The lowest BCUT2D eigenvalue weighted by molar-refractivity contribution is 0.269. The van der Waals surface area contributed by atoms with Gasteiger partial charge in [0.15, 0.2) is 16.6 Å².